The predicted molar refractivity (Wildman–Crippen MR) is 61.9 cm³/mol. The first-order valence-electron chi connectivity index (χ1n) is 4.22. The van der Waals surface area contributed by atoms with Gasteiger partial charge in [-0.1, -0.05) is 22.9 Å². The van der Waals surface area contributed by atoms with E-state index in [0.29, 0.717) is 10.8 Å². The van der Waals surface area contributed by atoms with Gasteiger partial charge in [0.15, 0.2) is 0 Å². The maximum Gasteiger partial charge on any atom is 0.304 e. The molecule has 1 aromatic carbocycles. The van der Waals surface area contributed by atoms with E-state index in [1.54, 1.807) is 30.7 Å². The second-order valence-electron chi connectivity index (χ2n) is 2.91. The number of thiazole rings is 1. The molecule has 5 heteroatoms. The Bertz CT molecular complexity index is 532. The van der Waals surface area contributed by atoms with Crippen LogP contribution in [0.3, 0.4) is 0 Å². The molecule has 1 N–H and O–H groups in total. The standard InChI is InChI=1S/C10H8ClNO2S/c1-14-9-3-2-6(11)4-7(9)8-5-15-10(13)12-8/h2-5H,1H3,(H,12,13). The van der Waals surface area contributed by atoms with Crippen LogP contribution in [-0.2, 0) is 0 Å². The Morgan fingerprint density at radius 1 is 1.47 bits per heavy atom. The highest BCUT2D eigenvalue weighted by atomic mass is 35.5. The molecule has 1 heterocycles. The molecule has 0 spiro atoms. The Labute approximate surface area is 95.3 Å². The van der Waals surface area contributed by atoms with Gasteiger partial charge in [0.25, 0.3) is 0 Å². The van der Waals surface area contributed by atoms with Gasteiger partial charge in [-0.15, -0.1) is 0 Å². The van der Waals surface area contributed by atoms with E-state index in [4.69, 9.17) is 16.3 Å². The summed E-state index contributed by atoms with van der Waals surface area (Å²) in [4.78, 5) is 13.7. The molecule has 15 heavy (non-hydrogen) atoms. The third-order valence-electron chi connectivity index (χ3n) is 1.97. The Hall–Kier alpha value is -1.26. The molecule has 0 aliphatic heterocycles. The third kappa shape index (κ3) is 2.06. The van der Waals surface area contributed by atoms with Crippen molar-refractivity contribution in [3.05, 3.63) is 38.3 Å². The van der Waals surface area contributed by atoms with E-state index in [-0.39, 0.29) is 4.87 Å². The smallest absolute Gasteiger partial charge is 0.304 e. The monoisotopic (exact) mass is 241 g/mol. The molecule has 0 bridgehead atoms. The first-order chi connectivity index (χ1) is 7.20. The van der Waals surface area contributed by atoms with Gasteiger partial charge in [-0.2, -0.15) is 0 Å². The van der Waals surface area contributed by atoms with E-state index in [1.807, 2.05) is 0 Å². The zero-order valence-electron chi connectivity index (χ0n) is 7.91. The Morgan fingerprint density at radius 3 is 2.87 bits per heavy atom. The van der Waals surface area contributed by atoms with Gasteiger partial charge >= 0.3 is 4.87 Å². The van der Waals surface area contributed by atoms with Gasteiger partial charge in [0.05, 0.1) is 12.8 Å². The molecule has 2 rings (SSSR count). The molecule has 0 fully saturated rings. The molecule has 0 unspecified atom stereocenters. The van der Waals surface area contributed by atoms with Crippen LogP contribution < -0.4 is 9.61 Å². The number of halogens is 1. The van der Waals surface area contributed by atoms with E-state index in [0.717, 1.165) is 22.6 Å². The van der Waals surface area contributed by atoms with Crippen molar-refractivity contribution in [2.45, 2.75) is 0 Å². The molecule has 0 aliphatic rings. The van der Waals surface area contributed by atoms with E-state index in [1.165, 1.54) is 0 Å². The van der Waals surface area contributed by atoms with Gasteiger partial charge in [0.2, 0.25) is 0 Å². The number of nitrogens with one attached hydrogen (secondary N) is 1. The molecule has 3 nitrogen and oxygen atoms in total. The lowest BCUT2D eigenvalue weighted by Gasteiger charge is -2.06. The third-order valence-corrected chi connectivity index (χ3v) is 2.88. The molecule has 0 saturated carbocycles. The Kier molecular flexibility index (Phi) is 2.79. The maximum atomic E-state index is 11.0. The van der Waals surface area contributed by atoms with Crippen LogP contribution >= 0.6 is 22.9 Å². The fraction of sp³-hybridized carbons (Fsp3) is 0.100. The number of aromatic amines is 1. The van der Waals surface area contributed by atoms with Crippen molar-refractivity contribution in [3.8, 4) is 17.0 Å². The van der Waals surface area contributed by atoms with Crippen LogP contribution in [0, 0.1) is 0 Å². The number of H-pyrrole nitrogens is 1. The van der Waals surface area contributed by atoms with Crippen LogP contribution in [0.4, 0.5) is 0 Å². The van der Waals surface area contributed by atoms with E-state index >= 15 is 0 Å². The predicted octanol–water partition coefficient (Wildman–Crippen LogP) is 2.77. The molecule has 0 saturated heterocycles. The van der Waals surface area contributed by atoms with Gasteiger partial charge in [-0.3, -0.25) is 4.79 Å². The van der Waals surface area contributed by atoms with Crippen LogP contribution in [0.2, 0.25) is 5.02 Å². The Morgan fingerprint density at radius 2 is 2.27 bits per heavy atom. The summed E-state index contributed by atoms with van der Waals surface area (Å²) in [6, 6.07) is 5.28. The lowest BCUT2D eigenvalue weighted by Crippen LogP contribution is -1.94. The number of aromatic nitrogens is 1. The zero-order valence-corrected chi connectivity index (χ0v) is 9.48. The second-order valence-corrected chi connectivity index (χ2v) is 4.19. The van der Waals surface area contributed by atoms with Gasteiger partial charge in [-0.25, -0.2) is 0 Å². The minimum absolute atomic E-state index is 0.0907. The molecule has 2 aromatic rings. The van der Waals surface area contributed by atoms with Crippen molar-refractivity contribution in [1.82, 2.24) is 4.98 Å². The molecule has 0 atom stereocenters. The molecule has 0 radical (unpaired) electrons. The SMILES string of the molecule is COc1ccc(Cl)cc1-c1csc(=O)[nH]1. The largest absolute Gasteiger partial charge is 0.496 e. The minimum atomic E-state index is -0.0907. The average Bonchev–Trinajstić information content (AvgIpc) is 2.65. The van der Waals surface area contributed by atoms with Crippen molar-refractivity contribution >= 4 is 22.9 Å². The lowest BCUT2D eigenvalue weighted by atomic mass is 10.1. The molecule has 78 valence electrons. The van der Waals surface area contributed by atoms with Gasteiger partial charge < -0.3 is 9.72 Å². The fourth-order valence-corrected chi connectivity index (χ4v) is 2.05. The minimum Gasteiger partial charge on any atom is -0.496 e. The Balaban J connectivity index is 2.59. The van der Waals surface area contributed by atoms with Crippen LogP contribution in [0.1, 0.15) is 0 Å². The highest BCUT2D eigenvalue weighted by Crippen LogP contribution is 2.31. The summed E-state index contributed by atoms with van der Waals surface area (Å²) in [5.74, 6) is 0.688. The van der Waals surface area contributed by atoms with E-state index < -0.39 is 0 Å². The zero-order chi connectivity index (χ0) is 10.8. The van der Waals surface area contributed by atoms with Crippen molar-refractivity contribution in [3.63, 3.8) is 0 Å². The van der Waals surface area contributed by atoms with Crippen LogP contribution in [0.5, 0.6) is 5.75 Å². The second kappa shape index (κ2) is 4.08. The number of hydrogen-bond acceptors (Lipinski definition) is 3. The van der Waals surface area contributed by atoms with Crippen molar-refractivity contribution < 1.29 is 4.74 Å². The first kappa shape index (κ1) is 10.3. The summed E-state index contributed by atoms with van der Waals surface area (Å²) in [5.41, 5.74) is 1.52. The summed E-state index contributed by atoms with van der Waals surface area (Å²) < 4.78 is 5.19. The highest BCUT2D eigenvalue weighted by Gasteiger charge is 2.08. The van der Waals surface area contributed by atoms with Crippen LogP contribution in [0.25, 0.3) is 11.3 Å². The van der Waals surface area contributed by atoms with E-state index in [2.05, 4.69) is 4.98 Å². The average molecular weight is 242 g/mol. The molecular weight excluding hydrogens is 234 g/mol. The summed E-state index contributed by atoms with van der Waals surface area (Å²) in [6.07, 6.45) is 0. The van der Waals surface area contributed by atoms with Gasteiger partial charge in [-0.05, 0) is 18.2 Å². The van der Waals surface area contributed by atoms with Crippen molar-refractivity contribution in [2.24, 2.45) is 0 Å². The number of benzene rings is 1. The van der Waals surface area contributed by atoms with Gasteiger partial charge in [0, 0.05) is 16.0 Å². The molecular formula is C10H8ClNO2S. The van der Waals surface area contributed by atoms with Crippen molar-refractivity contribution in [1.29, 1.82) is 0 Å². The molecule has 0 aliphatic carbocycles. The summed E-state index contributed by atoms with van der Waals surface area (Å²) in [7, 11) is 1.58. The lowest BCUT2D eigenvalue weighted by molar-refractivity contribution is 0.416. The topological polar surface area (TPSA) is 42.1 Å². The summed E-state index contributed by atoms with van der Waals surface area (Å²) >= 11 is 7.00. The number of ether oxygens (including phenoxy) is 1. The van der Waals surface area contributed by atoms with Crippen LogP contribution in [0.15, 0.2) is 28.4 Å². The van der Waals surface area contributed by atoms with E-state index in [9.17, 15) is 4.79 Å². The quantitative estimate of drug-likeness (QED) is 0.879. The number of methoxy groups -OCH3 is 1. The summed E-state index contributed by atoms with van der Waals surface area (Å²) in [6.45, 7) is 0. The van der Waals surface area contributed by atoms with Crippen LogP contribution in [-0.4, -0.2) is 12.1 Å². The molecule has 0 amide bonds. The van der Waals surface area contributed by atoms with Gasteiger partial charge in [0.1, 0.15) is 5.75 Å². The number of rotatable bonds is 2. The maximum absolute atomic E-state index is 11.0. The van der Waals surface area contributed by atoms with Crippen molar-refractivity contribution in [2.75, 3.05) is 7.11 Å². The fourth-order valence-electron chi connectivity index (χ4n) is 1.30. The first-order valence-corrected chi connectivity index (χ1v) is 5.48. The summed E-state index contributed by atoms with van der Waals surface area (Å²) in [5, 5.41) is 2.36. The number of hydrogen-bond donors (Lipinski definition) is 1. The normalized spacial score (nSPS) is 10.3. The highest BCUT2D eigenvalue weighted by molar-refractivity contribution is 7.07. The molecule has 1 aromatic heterocycles.